The van der Waals surface area contributed by atoms with Crippen LogP contribution in [0, 0.1) is 0 Å². The Morgan fingerprint density at radius 1 is 0.900 bits per heavy atom. The lowest BCUT2D eigenvalue weighted by Gasteiger charge is -2.17. The zero-order valence-electron chi connectivity index (χ0n) is 11.2. The van der Waals surface area contributed by atoms with Gasteiger partial charge in [-0.2, -0.15) is 0 Å². The van der Waals surface area contributed by atoms with E-state index >= 15 is 0 Å². The summed E-state index contributed by atoms with van der Waals surface area (Å²) in [5, 5.41) is 12.6. The molecule has 3 aromatic carbocycles. The van der Waals surface area contributed by atoms with Crippen LogP contribution in [0.25, 0.3) is 10.8 Å². The minimum atomic E-state index is 0.147. The molecule has 3 rings (SSSR count). The third kappa shape index (κ3) is 2.32. The largest absolute Gasteiger partial charge is 0.508 e. The molecule has 1 N–H and O–H groups in total. The first-order valence-electron chi connectivity index (χ1n) is 6.63. The Labute approximate surface area is 127 Å². The van der Waals surface area contributed by atoms with Gasteiger partial charge in [0.1, 0.15) is 5.75 Å². The Balaban J connectivity index is 2.18. The van der Waals surface area contributed by atoms with Crippen molar-refractivity contribution >= 4 is 26.7 Å². The summed E-state index contributed by atoms with van der Waals surface area (Å²) < 4.78 is 1.07. The lowest BCUT2D eigenvalue weighted by molar-refractivity contribution is 0.467. The molecule has 0 fully saturated rings. The molecule has 0 aliphatic heterocycles. The summed E-state index contributed by atoms with van der Waals surface area (Å²) in [6.07, 6.45) is 0. The van der Waals surface area contributed by atoms with Gasteiger partial charge in [0.15, 0.2) is 0 Å². The number of hydrogen-bond donors (Lipinski definition) is 1. The monoisotopic (exact) mass is 326 g/mol. The van der Waals surface area contributed by atoms with Gasteiger partial charge in [-0.1, -0.05) is 65.3 Å². The molecule has 100 valence electrons. The summed E-state index contributed by atoms with van der Waals surface area (Å²) in [6.45, 7) is 2.13. The van der Waals surface area contributed by atoms with Crippen LogP contribution in [-0.2, 0) is 0 Å². The van der Waals surface area contributed by atoms with Crippen molar-refractivity contribution in [2.75, 3.05) is 0 Å². The summed E-state index contributed by atoms with van der Waals surface area (Å²) in [5.74, 6) is 0.508. The molecule has 1 nitrogen and oxygen atoms in total. The summed E-state index contributed by atoms with van der Waals surface area (Å²) in [5.41, 5.74) is 2.19. The number of aromatic hydroxyl groups is 1. The number of rotatable bonds is 2. The quantitative estimate of drug-likeness (QED) is 0.663. The van der Waals surface area contributed by atoms with E-state index < -0.39 is 0 Å². The number of halogens is 1. The van der Waals surface area contributed by atoms with Crippen molar-refractivity contribution in [2.45, 2.75) is 12.8 Å². The zero-order chi connectivity index (χ0) is 14.1. The molecule has 0 amide bonds. The number of phenolic OH excluding ortho intramolecular Hbond substituents is 1. The second kappa shape index (κ2) is 5.29. The highest BCUT2D eigenvalue weighted by molar-refractivity contribution is 9.10. The van der Waals surface area contributed by atoms with E-state index in [1.54, 1.807) is 6.07 Å². The van der Waals surface area contributed by atoms with Crippen LogP contribution in [0.3, 0.4) is 0 Å². The van der Waals surface area contributed by atoms with Gasteiger partial charge in [-0.25, -0.2) is 0 Å². The maximum atomic E-state index is 10.3. The van der Waals surface area contributed by atoms with Crippen LogP contribution in [0.4, 0.5) is 0 Å². The van der Waals surface area contributed by atoms with Crippen molar-refractivity contribution in [1.82, 2.24) is 0 Å². The van der Waals surface area contributed by atoms with Gasteiger partial charge in [-0.05, 0) is 34.5 Å². The summed E-state index contributed by atoms with van der Waals surface area (Å²) in [7, 11) is 0. The normalized spacial score (nSPS) is 12.5. The fourth-order valence-electron chi connectivity index (χ4n) is 2.66. The van der Waals surface area contributed by atoms with Crippen molar-refractivity contribution in [1.29, 1.82) is 0 Å². The molecule has 0 aliphatic rings. The van der Waals surface area contributed by atoms with Gasteiger partial charge in [0.05, 0.1) is 0 Å². The van der Waals surface area contributed by atoms with Crippen LogP contribution in [0.5, 0.6) is 5.75 Å². The molecule has 0 spiro atoms. The van der Waals surface area contributed by atoms with E-state index in [1.807, 2.05) is 30.3 Å². The molecule has 0 aliphatic carbocycles. The van der Waals surface area contributed by atoms with Gasteiger partial charge in [0, 0.05) is 16.0 Å². The van der Waals surface area contributed by atoms with E-state index in [2.05, 4.69) is 47.1 Å². The van der Waals surface area contributed by atoms with Crippen LogP contribution in [0.1, 0.15) is 24.0 Å². The third-order valence-corrected chi connectivity index (χ3v) is 4.28. The van der Waals surface area contributed by atoms with Crippen LogP contribution in [-0.4, -0.2) is 5.11 Å². The lowest BCUT2D eigenvalue weighted by Crippen LogP contribution is -1.97. The number of hydrogen-bond acceptors (Lipinski definition) is 1. The molecule has 3 aromatic rings. The van der Waals surface area contributed by atoms with Crippen LogP contribution in [0.2, 0.25) is 0 Å². The van der Waals surface area contributed by atoms with Crippen molar-refractivity contribution in [2.24, 2.45) is 0 Å². The molecule has 0 bridgehead atoms. The van der Waals surface area contributed by atoms with Crippen LogP contribution in [0.15, 0.2) is 65.1 Å². The molecule has 20 heavy (non-hydrogen) atoms. The summed E-state index contributed by atoms with van der Waals surface area (Å²) in [4.78, 5) is 0. The van der Waals surface area contributed by atoms with Gasteiger partial charge in [-0.3, -0.25) is 0 Å². The lowest BCUT2D eigenvalue weighted by atomic mass is 9.88. The Hall–Kier alpha value is -1.80. The van der Waals surface area contributed by atoms with E-state index in [1.165, 1.54) is 5.56 Å². The molecule has 1 unspecified atom stereocenters. The fraction of sp³-hybridized carbons (Fsp3) is 0.111. The third-order valence-electron chi connectivity index (χ3n) is 3.75. The highest BCUT2D eigenvalue weighted by Crippen LogP contribution is 2.37. The number of benzene rings is 3. The molecule has 0 saturated carbocycles. The molecular weight excluding hydrogens is 312 g/mol. The molecular formula is C18H15BrO. The van der Waals surface area contributed by atoms with Gasteiger partial charge < -0.3 is 5.11 Å². The molecule has 2 heteroatoms. The van der Waals surface area contributed by atoms with E-state index in [0.717, 1.165) is 20.8 Å². The van der Waals surface area contributed by atoms with Crippen molar-refractivity contribution in [3.8, 4) is 5.75 Å². The Bertz CT molecular complexity index is 747. The van der Waals surface area contributed by atoms with Crippen LogP contribution >= 0.6 is 15.9 Å². The first-order chi connectivity index (χ1) is 9.66. The number of phenols is 1. The average molecular weight is 327 g/mol. The highest BCUT2D eigenvalue weighted by Gasteiger charge is 2.15. The molecule has 0 radical (unpaired) electrons. The van der Waals surface area contributed by atoms with Crippen LogP contribution < -0.4 is 0 Å². The van der Waals surface area contributed by atoms with Crippen molar-refractivity contribution in [3.63, 3.8) is 0 Å². The Kier molecular flexibility index (Phi) is 3.49. The smallest absolute Gasteiger partial charge is 0.120 e. The van der Waals surface area contributed by atoms with Gasteiger partial charge >= 0.3 is 0 Å². The fourth-order valence-corrected chi connectivity index (χ4v) is 2.92. The second-order valence-corrected chi connectivity index (χ2v) is 5.91. The standard InChI is InChI=1S/C18H15BrO/c1-12(13-6-9-15(19)10-7-13)18-16-5-3-2-4-14(16)8-11-17(18)20/h2-12,20H,1H3. The van der Waals surface area contributed by atoms with E-state index in [0.29, 0.717) is 5.75 Å². The average Bonchev–Trinajstić information content (AvgIpc) is 2.47. The zero-order valence-corrected chi connectivity index (χ0v) is 12.8. The minimum absolute atomic E-state index is 0.147. The predicted molar refractivity (Wildman–Crippen MR) is 87.3 cm³/mol. The topological polar surface area (TPSA) is 20.2 Å². The summed E-state index contributed by atoms with van der Waals surface area (Å²) >= 11 is 3.46. The van der Waals surface area contributed by atoms with Gasteiger partial charge in [0.2, 0.25) is 0 Å². The molecule has 1 atom stereocenters. The van der Waals surface area contributed by atoms with Crippen molar-refractivity contribution in [3.05, 3.63) is 76.3 Å². The maximum absolute atomic E-state index is 10.3. The van der Waals surface area contributed by atoms with E-state index in [9.17, 15) is 5.11 Å². The minimum Gasteiger partial charge on any atom is -0.508 e. The van der Waals surface area contributed by atoms with E-state index in [4.69, 9.17) is 0 Å². The first kappa shape index (κ1) is 13.2. The highest BCUT2D eigenvalue weighted by atomic mass is 79.9. The van der Waals surface area contributed by atoms with Gasteiger partial charge in [0.25, 0.3) is 0 Å². The van der Waals surface area contributed by atoms with E-state index in [-0.39, 0.29) is 5.92 Å². The predicted octanol–water partition coefficient (Wildman–Crippen LogP) is 5.46. The van der Waals surface area contributed by atoms with Crippen molar-refractivity contribution < 1.29 is 5.11 Å². The summed E-state index contributed by atoms with van der Waals surface area (Å²) in [6, 6.07) is 20.2. The Morgan fingerprint density at radius 2 is 1.60 bits per heavy atom. The first-order valence-corrected chi connectivity index (χ1v) is 7.42. The molecule has 0 heterocycles. The number of fused-ring (bicyclic) bond motifs is 1. The Morgan fingerprint density at radius 3 is 2.35 bits per heavy atom. The molecule has 0 saturated heterocycles. The van der Waals surface area contributed by atoms with Gasteiger partial charge in [-0.15, -0.1) is 0 Å². The SMILES string of the molecule is CC(c1ccc(Br)cc1)c1c(O)ccc2ccccc12. The second-order valence-electron chi connectivity index (χ2n) is 4.99. The molecule has 0 aromatic heterocycles. The maximum Gasteiger partial charge on any atom is 0.120 e.